The lowest BCUT2D eigenvalue weighted by Crippen LogP contribution is -2.50. The van der Waals surface area contributed by atoms with Crippen molar-refractivity contribution in [1.82, 2.24) is 25.2 Å². The van der Waals surface area contributed by atoms with Gasteiger partial charge in [0.15, 0.2) is 11.6 Å². The first-order chi connectivity index (χ1) is 14.5. The van der Waals surface area contributed by atoms with Gasteiger partial charge in [0.2, 0.25) is 0 Å². The molecule has 0 bridgehead atoms. The predicted molar refractivity (Wildman–Crippen MR) is 113 cm³/mol. The number of carbonyl (C=O) groups is 1. The molecule has 2 aliphatic rings. The lowest BCUT2D eigenvalue weighted by molar-refractivity contribution is 0.144. The Morgan fingerprint density at radius 2 is 2.20 bits per heavy atom. The van der Waals surface area contributed by atoms with Gasteiger partial charge in [0.25, 0.3) is 0 Å². The van der Waals surface area contributed by atoms with Crippen LogP contribution in [0, 0.1) is 5.82 Å². The molecule has 4 rings (SSSR count). The van der Waals surface area contributed by atoms with E-state index in [0.29, 0.717) is 24.4 Å². The van der Waals surface area contributed by atoms with E-state index < -0.39 is 5.82 Å². The van der Waals surface area contributed by atoms with Crippen LogP contribution in [0.1, 0.15) is 62.3 Å². The topological polar surface area (TPSA) is 71.0 Å². The molecule has 0 spiro atoms. The quantitative estimate of drug-likeness (QED) is 0.813. The van der Waals surface area contributed by atoms with Gasteiger partial charge < -0.3 is 10.2 Å². The Hall–Kier alpha value is -2.83. The number of urea groups is 1. The number of amides is 2. The van der Waals surface area contributed by atoms with Crippen LogP contribution in [-0.2, 0) is 12.8 Å². The number of piperidine rings is 1. The van der Waals surface area contributed by atoms with Crippen LogP contribution in [-0.4, -0.2) is 44.5 Å². The molecule has 1 fully saturated rings. The number of rotatable bonds is 5. The molecule has 1 aliphatic carbocycles. The normalized spacial score (nSPS) is 18.3. The second kappa shape index (κ2) is 8.90. The summed E-state index contributed by atoms with van der Waals surface area (Å²) in [5.41, 5.74) is 3.33. The number of halogens is 1. The predicted octanol–water partition coefficient (Wildman–Crippen LogP) is 3.90. The minimum Gasteiger partial charge on any atom is -0.336 e. The highest BCUT2D eigenvalue weighted by Crippen LogP contribution is 2.30. The van der Waals surface area contributed by atoms with E-state index in [9.17, 15) is 9.18 Å². The van der Waals surface area contributed by atoms with Crippen LogP contribution in [0.25, 0.3) is 5.57 Å². The maximum Gasteiger partial charge on any atom is 0.317 e. The molecule has 2 aromatic heterocycles. The van der Waals surface area contributed by atoms with Crippen LogP contribution in [0.5, 0.6) is 0 Å². The van der Waals surface area contributed by atoms with E-state index in [1.54, 1.807) is 6.20 Å². The number of carbonyl (C=O) groups excluding carboxylic acids is 1. The summed E-state index contributed by atoms with van der Waals surface area (Å²) in [7, 11) is 0. The minimum atomic E-state index is -0.391. The number of allylic oxidation sites excluding steroid dienone is 1. The Morgan fingerprint density at radius 1 is 1.33 bits per heavy atom. The van der Waals surface area contributed by atoms with E-state index in [0.717, 1.165) is 49.1 Å². The van der Waals surface area contributed by atoms with E-state index in [2.05, 4.69) is 20.3 Å². The average molecular weight is 410 g/mol. The second-order valence-electron chi connectivity index (χ2n) is 8.29. The Balaban J connectivity index is 1.48. The van der Waals surface area contributed by atoms with E-state index in [4.69, 9.17) is 0 Å². The summed E-state index contributed by atoms with van der Waals surface area (Å²) in [4.78, 5) is 27.6. The largest absolute Gasteiger partial charge is 0.336 e. The minimum absolute atomic E-state index is 0.0289. The molecule has 6 nitrogen and oxygen atoms in total. The lowest BCUT2D eigenvalue weighted by Gasteiger charge is -2.36. The average Bonchev–Trinajstić information content (AvgIpc) is 3.17. The number of aromatic nitrogens is 3. The van der Waals surface area contributed by atoms with Crippen molar-refractivity contribution in [2.75, 3.05) is 6.54 Å². The zero-order chi connectivity index (χ0) is 21.1. The number of hydrogen-bond donors (Lipinski definition) is 1. The van der Waals surface area contributed by atoms with Gasteiger partial charge in [0, 0.05) is 42.4 Å². The lowest BCUT2D eigenvalue weighted by atomic mass is 9.97. The number of pyridine rings is 1. The van der Waals surface area contributed by atoms with Crippen LogP contribution >= 0.6 is 0 Å². The van der Waals surface area contributed by atoms with Crippen LogP contribution in [0.2, 0.25) is 0 Å². The highest BCUT2D eigenvalue weighted by atomic mass is 19.1. The van der Waals surface area contributed by atoms with E-state index in [1.807, 2.05) is 37.0 Å². The van der Waals surface area contributed by atoms with Crippen molar-refractivity contribution in [2.45, 2.75) is 64.5 Å². The molecule has 0 unspecified atom stereocenters. The van der Waals surface area contributed by atoms with Gasteiger partial charge >= 0.3 is 6.03 Å². The van der Waals surface area contributed by atoms with Crippen molar-refractivity contribution in [3.8, 4) is 0 Å². The number of likely N-dealkylation sites (tertiary alicyclic amines) is 1. The summed E-state index contributed by atoms with van der Waals surface area (Å²) in [5.74, 6) is 0.147. The maximum absolute atomic E-state index is 14.5. The molecule has 1 N–H and O–H groups in total. The molecular weight excluding hydrogens is 381 g/mol. The summed E-state index contributed by atoms with van der Waals surface area (Å²) in [6, 6.07) is 4.06. The van der Waals surface area contributed by atoms with E-state index >= 15 is 0 Å². The molecule has 1 saturated heterocycles. The molecule has 2 amide bonds. The molecular formula is C23H28FN5O. The molecule has 3 heterocycles. The first kappa shape index (κ1) is 20.4. The summed E-state index contributed by atoms with van der Waals surface area (Å²) in [5, 5.41) is 2.98. The molecule has 0 radical (unpaired) electrons. The van der Waals surface area contributed by atoms with E-state index in [1.165, 1.54) is 6.20 Å². The zero-order valence-corrected chi connectivity index (χ0v) is 17.6. The van der Waals surface area contributed by atoms with Gasteiger partial charge in [-0.3, -0.25) is 4.98 Å². The van der Waals surface area contributed by atoms with Crippen molar-refractivity contribution < 1.29 is 9.18 Å². The molecule has 7 heteroatoms. The summed E-state index contributed by atoms with van der Waals surface area (Å²) >= 11 is 0. The molecule has 0 saturated carbocycles. The third kappa shape index (κ3) is 4.35. The molecule has 158 valence electrons. The first-order valence-electron chi connectivity index (χ1n) is 10.8. The fourth-order valence-corrected chi connectivity index (χ4v) is 4.28. The third-order valence-corrected chi connectivity index (χ3v) is 5.75. The van der Waals surface area contributed by atoms with Gasteiger partial charge in [-0.2, -0.15) is 0 Å². The molecule has 1 atom stereocenters. The Bertz CT molecular complexity index is 958. The summed E-state index contributed by atoms with van der Waals surface area (Å²) in [6.45, 7) is 4.66. The summed E-state index contributed by atoms with van der Waals surface area (Å²) < 4.78 is 14.5. The van der Waals surface area contributed by atoms with Crippen molar-refractivity contribution in [2.24, 2.45) is 0 Å². The van der Waals surface area contributed by atoms with Crippen molar-refractivity contribution >= 4 is 11.6 Å². The van der Waals surface area contributed by atoms with Crippen molar-refractivity contribution in [1.29, 1.82) is 0 Å². The van der Waals surface area contributed by atoms with Gasteiger partial charge in [-0.15, -0.1) is 0 Å². The molecule has 2 aromatic rings. The zero-order valence-electron chi connectivity index (χ0n) is 17.6. The highest BCUT2D eigenvalue weighted by molar-refractivity contribution is 5.80. The van der Waals surface area contributed by atoms with Gasteiger partial charge in [0.05, 0.1) is 17.6 Å². The SMILES string of the molecule is CC(C)NC(=O)N1CCCC[C@@H]1CCc1nc(C2=CCc3ncccc32)ncc1F. The number of nitrogens with one attached hydrogen (secondary N) is 1. The third-order valence-electron chi connectivity index (χ3n) is 5.75. The van der Waals surface area contributed by atoms with Gasteiger partial charge in [-0.25, -0.2) is 19.2 Å². The Labute approximate surface area is 176 Å². The van der Waals surface area contributed by atoms with Crippen LogP contribution in [0.15, 0.2) is 30.6 Å². The van der Waals surface area contributed by atoms with E-state index in [-0.39, 0.29) is 18.1 Å². The smallest absolute Gasteiger partial charge is 0.317 e. The fourth-order valence-electron chi connectivity index (χ4n) is 4.28. The number of aryl methyl sites for hydroxylation is 1. The van der Waals surface area contributed by atoms with Crippen LogP contribution in [0.4, 0.5) is 9.18 Å². The van der Waals surface area contributed by atoms with Gasteiger partial charge in [0.1, 0.15) is 0 Å². The highest BCUT2D eigenvalue weighted by Gasteiger charge is 2.27. The van der Waals surface area contributed by atoms with Gasteiger partial charge in [-0.05, 0) is 52.0 Å². The van der Waals surface area contributed by atoms with Crippen molar-refractivity contribution in [3.63, 3.8) is 0 Å². The number of fused-ring (bicyclic) bond motifs is 1. The van der Waals surface area contributed by atoms with Crippen molar-refractivity contribution in [3.05, 3.63) is 59.2 Å². The standard InChI is InChI=1S/C23H28FN5O/c1-15(2)27-23(30)29-13-4-3-6-16(29)8-10-21-19(24)14-26-22(28-21)18-9-11-20-17(18)7-5-12-25-20/h5,7,9,12,14-16H,3-4,6,8,10-11,13H2,1-2H3,(H,27,30)/t16-/m1/s1. The molecule has 30 heavy (non-hydrogen) atoms. The first-order valence-corrected chi connectivity index (χ1v) is 10.8. The Morgan fingerprint density at radius 3 is 3.03 bits per heavy atom. The number of hydrogen-bond acceptors (Lipinski definition) is 4. The maximum atomic E-state index is 14.5. The fraction of sp³-hybridized carbons (Fsp3) is 0.478. The monoisotopic (exact) mass is 409 g/mol. The molecule has 1 aliphatic heterocycles. The van der Waals surface area contributed by atoms with Gasteiger partial charge in [-0.1, -0.05) is 12.1 Å². The number of nitrogens with zero attached hydrogens (tertiary/aromatic N) is 4. The van der Waals surface area contributed by atoms with Crippen LogP contribution < -0.4 is 5.32 Å². The van der Waals surface area contributed by atoms with Crippen LogP contribution in [0.3, 0.4) is 0 Å². The summed E-state index contributed by atoms with van der Waals surface area (Å²) in [6.07, 6.45) is 10.0. The molecule has 0 aromatic carbocycles. The second-order valence-corrected chi connectivity index (χ2v) is 8.29. The Kier molecular flexibility index (Phi) is 6.06.